The molecule has 0 heterocycles. The number of unbranched alkanes of at least 4 members (excludes halogenated alkanes) is 20. The highest BCUT2D eigenvalue weighted by atomic mass is 31.2. The van der Waals surface area contributed by atoms with E-state index < -0.39 is 7.26 Å². The van der Waals surface area contributed by atoms with Crippen molar-refractivity contribution in [2.45, 2.75) is 182 Å². The summed E-state index contributed by atoms with van der Waals surface area (Å²) < 4.78 is 0. The summed E-state index contributed by atoms with van der Waals surface area (Å²) in [7, 11) is -0.697. The maximum Gasteiger partial charge on any atom is 0.190 e. The van der Waals surface area contributed by atoms with Crippen molar-refractivity contribution in [1.29, 1.82) is 10.5 Å². The summed E-state index contributed by atoms with van der Waals surface area (Å²) in [6, 6.07) is 0. The van der Waals surface area contributed by atoms with E-state index in [2.05, 4.69) is 27.7 Å². The fraction of sp³-hybridized carbons (Fsp3) is 0.941. The topological polar surface area (TPSA) is 59.6 Å². The van der Waals surface area contributed by atoms with Crippen molar-refractivity contribution in [3.05, 3.63) is 0 Å². The van der Waals surface area contributed by atoms with Crippen molar-refractivity contribution in [2.24, 2.45) is 0 Å². The molecule has 0 radical (unpaired) electrons. The highest BCUT2D eigenvalue weighted by Gasteiger charge is 2.34. The molecule has 38 heavy (non-hydrogen) atoms. The standard InChI is InChI=1S/C32H68P.C2HN3/c1-5-9-13-17-18-19-20-21-22-23-24-28-32-33(29-25-14-10-6-2,30-26-15-11-7-3)31-27-16-12-8-4;3-1-5-2-4/h5-32H2,1-4H3;5H/q+1;. The van der Waals surface area contributed by atoms with Gasteiger partial charge in [-0.1, -0.05) is 130 Å². The SMILES string of the molecule is CCCCCCCCCCCCCC[P+](CCCCCC)(CCCCCC)CCCCCC.N#CNC#N. The van der Waals surface area contributed by atoms with Crippen LogP contribution in [0.4, 0.5) is 0 Å². The van der Waals surface area contributed by atoms with Gasteiger partial charge in [-0.2, -0.15) is 10.5 Å². The minimum absolute atomic E-state index is 0.697. The van der Waals surface area contributed by atoms with E-state index in [-0.39, 0.29) is 0 Å². The van der Waals surface area contributed by atoms with Gasteiger partial charge in [0.1, 0.15) is 0 Å². The molecule has 1 N–H and O–H groups in total. The average Bonchev–Trinajstić information content (AvgIpc) is 2.93. The Bertz CT molecular complexity index is 480. The number of nitriles is 2. The first-order valence-corrected chi connectivity index (χ1v) is 19.6. The van der Waals surface area contributed by atoms with Gasteiger partial charge >= 0.3 is 0 Å². The quantitative estimate of drug-likeness (QED) is 0.0456. The maximum atomic E-state index is 7.48. The van der Waals surface area contributed by atoms with E-state index in [4.69, 9.17) is 10.5 Å². The highest BCUT2D eigenvalue weighted by molar-refractivity contribution is 7.75. The Kier molecular flexibility index (Phi) is 35.5. The van der Waals surface area contributed by atoms with Gasteiger partial charge in [-0.15, -0.1) is 0 Å². The minimum atomic E-state index is -0.697. The third kappa shape index (κ3) is 29.8. The Morgan fingerprint density at radius 1 is 0.368 bits per heavy atom. The van der Waals surface area contributed by atoms with Crippen LogP contribution in [0.5, 0.6) is 0 Å². The molecule has 0 saturated carbocycles. The Labute approximate surface area is 241 Å². The number of hydrogen-bond donors (Lipinski definition) is 1. The number of nitrogens with zero attached hydrogens (tertiary/aromatic N) is 2. The lowest BCUT2D eigenvalue weighted by molar-refractivity contribution is 0.548. The van der Waals surface area contributed by atoms with Crippen molar-refractivity contribution in [1.82, 2.24) is 5.32 Å². The third-order valence-corrected chi connectivity index (χ3v) is 13.1. The molecule has 0 aliphatic carbocycles. The van der Waals surface area contributed by atoms with Gasteiger partial charge < -0.3 is 0 Å². The molecule has 0 amide bonds. The van der Waals surface area contributed by atoms with Gasteiger partial charge in [0.2, 0.25) is 0 Å². The molecule has 0 spiro atoms. The second kappa shape index (κ2) is 34.2. The summed E-state index contributed by atoms with van der Waals surface area (Å²) in [6.45, 7) is 9.41. The molecule has 0 aromatic carbocycles. The van der Waals surface area contributed by atoms with Crippen LogP contribution in [0.15, 0.2) is 0 Å². The van der Waals surface area contributed by atoms with Crippen molar-refractivity contribution >= 4 is 7.26 Å². The van der Waals surface area contributed by atoms with Crippen LogP contribution in [0.25, 0.3) is 0 Å². The number of hydrogen-bond acceptors (Lipinski definition) is 3. The Morgan fingerprint density at radius 3 is 0.789 bits per heavy atom. The normalized spacial score (nSPS) is 10.9. The van der Waals surface area contributed by atoms with Crippen molar-refractivity contribution < 1.29 is 0 Å². The van der Waals surface area contributed by atoms with Gasteiger partial charge in [-0.25, -0.2) is 5.32 Å². The van der Waals surface area contributed by atoms with Gasteiger partial charge in [-0.05, 0) is 51.4 Å². The van der Waals surface area contributed by atoms with E-state index >= 15 is 0 Å². The second-order valence-electron chi connectivity index (χ2n) is 11.7. The minimum Gasteiger partial charge on any atom is -0.229 e. The van der Waals surface area contributed by atoms with Gasteiger partial charge in [0, 0.05) is 7.26 Å². The summed E-state index contributed by atoms with van der Waals surface area (Å²) in [5, 5.41) is 16.7. The maximum absolute atomic E-state index is 7.48. The van der Waals surface area contributed by atoms with Crippen LogP contribution in [0, 0.1) is 22.9 Å². The monoisotopic (exact) mass is 551 g/mol. The second-order valence-corrected chi connectivity index (χ2v) is 16.1. The fourth-order valence-electron chi connectivity index (χ4n) is 5.61. The predicted octanol–water partition coefficient (Wildman–Crippen LogP) is 12.0. The number of rotatable bonds is 28. The first-order valence-electron chi connectivity index (χ1n) is 17.0. The summed E-state index contributed by atoms with van der Waals surface area (Å²) in [4.78, 5) is 0. The highest BCUT2D eigenvalue weighted by Crippen LogP contribution is 2.61. The average molecular weight is 551 g/mol. The van der Waals surface area contributed by atoms with E-state index in [1.807, 2.05) is 0 Å². The largest absolute Gasteiger partial charge is 0.229 e. The lowest BCUT2D eigenvalue weighted by Gasteiger charge is -2.28. The van der Waals surface area contributed by atoms with Crippen LogP contribution in [-0.2, 0) is 0 Å². The predicted molar refractivity (Wildman–Crippen MR) is 174 cm³/mol. The van der Waals surface area contributed by atoms with Gasteiger partial charge in [0.25, 0.3) is 0 Å². The zero-order valence-corrected chi connectivity index (χ0v) is 27.5. The van der Waals surface area contributed by atoms with Crippen LogP contribution in [0.2, 0.25) is 0 Å². The van der Waals surface area contributed by atoms with E-state index in [9.17, 15) is 0 Å². The van der Waals surface area contributed by atoms with E-state index in [0.29, 0.717) is 0 Å². The van der Waals surface area contributed by atoms with Gasteiger partial charge in [-0.3, -0.25) is 0 Å². The molecule has 0 bridgehead atoms. The summed E-state index contributed by atoms with van der Waals surface area (Å²) >= 11 is 0. The van der Waals surface area contributed by atoms with Crippen molar-refractivity contribution in [2.75, 3.05) is 24.6 Å². The molecule has 0 aliphatic rings. The first-order chi connectivity index (χ1) is 18.7. The molecule has 0 rings (SSSR count). The molecule has 0 unspecified atom stereocenters. The summed E-state index contributed by atoms with van der Waals surface area (Å²) in [6.07, 6.45) is 44.9. The van der Waals surface area contributed by atoms with Crippen LogP contribution in [0.1, 0.15) is 182 Å². The van der Waals surface area contributed by atoms with Crippen molar-refractivity contribution in [3.63, 3.8) is 0 Å². The molecular weight excluding hydrogens is 481 g/mol. The Balaban J connectivity index is 0. The lowest BCUT2D eigenvalue weighted by atomic mass is 10.1. The van der Waals surface area contributed by atoms with E-state index in [1.54, 1.807) is 55.6 Å². The molecule has 0 aromatic rings. The van der Waals surface area contributed by atoms with Crippen LogP contribution in [0.3, 0.4) is 0 Å². The number of nitrogens with one attached hydrogen (secondary N) is 1. The first kappa shape index (κ1) is 39.4. The molecule has 3 nitrogen and oxygen atoms in total. The zero-order valence-electron chi connectivity index (χ0n) is 26.6. The Hall–Kier alpha value is -0.790. The Morgan fingerprint density at radius 2 is 0.579 bits per heavy atom. The van der Waals surface area contributed by atoms with Crippen LogP contribution in [-0.4, -0.2) is 24.6 Å². The van der Waals surface area contributed by atoms with Gasteiger partial charge in [0.15, 0.2) is 12.4 Å². The van der Waals surface area contributed by atoms with Crippen molar-refractivity contribution in [3.8, 4) is 12.4 Å². The molecule has 0 saturated heterocycles. The lowest BCUT2D eigenvalue weighted by Crippen LogP contribution is -2.13. The molecule has 0 aromatic heterocycles. The molecular formula is C34H69N3P+. The van der Waals surface area contributed by atoms with Crippen LogP contribution < -0.4 is 5.32 Å². The smallest absolute Gasteiger partial charge is 0.190 e. The van der Waals surface area contributed by atoms with Gasteiger partial charge in [0.05, 0.1) is 24.6 Å². The zero-order chi connectivity index (χ0) is 28.4. The molecule has 0 atom stereocenters. The summed E-state index contributed by atoms with van der Waals surface area (Å²) in [5.74, 6) is 0. The fourth-order valence-corrected chi connectivity index (χ4v) is 10.5. The molecule has 224 valence electrons. The molecule has 4 heteroatoms. The molecule has 0 fully saturated rings. The van der Waals surface area contributed by atoms with E-state index in [0.717, 1.165) is 0 Å². The van der Waals surface area contributed by atoms with Crippen LogP contribution >= 0.6 is 7.26 Å². The van der Waals surface area contributed by atoms with E-state index in [1.165, 1.54) is 141 Å². The summed E-state index contributed by atoms with van der Waals surface area (Å²) in [5.41, 5.74) is 0. The third-order valence-electron chi connectivity index (χ3n) is 8.06. The molecule has 0 aliphatic heterocycles.